The lowest BCUT2D eigenvalue weighted by molar-refractivity contribution is -0.145. The Bertz CT molecular complexity index is 1090. The smallest absolute Gasteiger partial charge is 0.413 e. The molecule has 1 aliphatic rings. The minimum absolute atomic E-state index is 0.151. The van der Waals surface area contributed by atoms with Gasteiger partial charge in [0.1, 0.15) is 11.4 Å². The molecule has 0 saturated carbocycles. The van der Waals surface area contributed by atoms with Crippen LogP contribution in [0.3, 0.4) is 0 Å². The molecule has 2 heterocycles. The molecular weight excluding hydrogens is 446 g/mol. The van der Waals surface area contributed by atoms with Gasteiger partial charge in [0.05, 0.1) is 17.9 Å². The van der Waals surface area contributed by atoms with Crippen molar-refractivity contribution in [2.24, 2.45) is 0 Å². The molecule has 35 heavy (non-hydrogen) atoms. The van der Waals surface area contributed by atoms with Crippen LogP contribution < -0.4 is 15.5 Å². The molecule has 1 aliphatic heterocycles. The fraction of sp³-hybridized carbons (Fsp3) is 0.462. The van der Waals surface area contributed by atoms with Crippen LogP contribution in [0.5, 0.6) is 0 Å². The average Bonchev–Trinajstić information content (AvgIpc) is 2.79. The Morgan fingerprint density at radius 2 is 1.86 bits per heavy atom. The third kappa shape index (κ3) is 6.94. The summed E-state index contributed by atoms with van der Waals surface area (Å²) < 4.78 is 5.24. The Kier molecular flexibility index (Phi) is 7.99. The Hall–Kier alpha value is -3.62. The third-order valence-corrected chi connectivity index (χ3v) is 5.68. The van der Waals surface area contributed by atoms with Crippen molar-refractivity contribution >= 4 is 35.1 Å². The molecule has 1 fully saturated rings. The van der Waals surface area contributed by atoms with E-state index < -0.39 is 23.5 Å². The van der Waals surface area contributed by atoms with Gasteiger partial charge in [-0.1, -0.05) is 12.1 Å². The lowest BCUT2D eigenvalue weighted by atomic mass is 9.94. The van der Waals surface area contributed by atoms with E-state index in [0.717, 1.165) is 30.5 Å². The molecule has 1 aromatic carbocycles. The van der Waals surface area contributed by atoms with Gasteiger partial charge in [-0.05, 0) is 76.3 Å². The number of aromatic nitrogens is 1. The van der Waals surface area contributed by atoms with Crippen LogP contribution in [-0.4, -0.2) is 54.0 Å². The molecule has 188 valence electrons. The molecule has 3 amide bonds. The fourth-order valence-electron chi connectivity index (χ4n) is 4.02. The molecule has 9 heteroatoms. The summed E-state index contributed by atoms with van der Waals surface area (Å²) in [4.78, 5) is 45.9. The lowest BCUT2D eigenvalue weighted by Gasteiger charge is -2.36. The molecule has 1 unspecified atom stereocenters. The van der Waals surface area contributed by atoms with Crippen molar-refractivity contribution in [1.29, 1.82) is 0 Å². The number of piperidine rings is 1. The van der Waals surface area contributed by atoms with E-state index >= 15 is 0 Å². The van der Waals surface area contributed by atoms with Crippen LogP contribution in [0.1, 0.15) is 57.2 Å². The van der Waals surface area contributed by atoms with Crippen molar-refractivity contribution in [2.45, 2.75) is 58.6 Å². The van der Waals surface area contributed by atoms with E-state index in [9.17, 15) is 14.4 Å². The van der Waals surface area contributed by atoms with Gasteiger partial charge in [0.2, 0.25) is 0 Å². The molecule has 1 atom stereocenters. The summed E-state index contributed by atoms with van der Waals surface area (Å²) in [5.41, 5.74) is 2.43. The second kappa shape index (κ2) is 10.8. The van der Waals surface area contributed by atoms with Crippen LogP contribution in [0.15, 0.2) is 36.5 Å². The Morgan fingerprint density at radius 3 is 2.51 bits per heavy atom. The van der Waals surface area contributed by atoms with Crippen LogP contribution >= 0.6 is 0 Å². The summed E-state index contributed by atoms with van der Waals surface area (Å²) in [5.74, 6) is -0.964. The number of carbonyl (C=O) groups is 3. The molecule has 1 saturated heterocycles. The van der Waals surface area contributed by atoms with Gasteiger partial charge in [-0.25, -0.2) is 9.78 Å². The number of nitrogens with one attached hydrogen (secondary N) is 2. The molecular formula is C26H35N5O4. The van der Waals surface area contributed by atoms with Crippen LogP contribution in [0, 0.1) is 6.92 Å². The second-order valence-electron chi connectivity index (χ2n) is 9.97. The van der Waals surface area contributed by atoms with E-state index in [4.69, 9.17) is 4.74 Å². The number of benzene rings is 1. The van der Waals surface area contributed by atoms with Crippen molar-refractivity contribution in [3.63, 3.8) is 0 Å². The van der Waals surface area contributed by atoms with Gasteiger partial charge in [-0.2, -0.15) is 0 Å². The number of likely N-dealkylation sites (tertiary alicyclic amines) is 1. The first-order valence-corrected chi connectivity index (χ1v) is 11.8. The summed E-state index contributed by atoms with van der Waals surface area (Å²) in [5, 5.41) is 5.25. The summed E-state index contributed by atoms with van der Waals surface area (Å²) in [6.45, 7) is 7.59. The molecule has 2 N–H and O–H groups in total. The number of carbonyl (C=O) groups excluding carboxylic acids is 3. The number of aryl methyl sites for hydroxylation is 1. The number of amides is 3. The highest BCUT2D eigenvalue weighted by atomic mass is 16.6. The summed E-state index contributed by atoms with van der Waals surface area (Å²) in [6.07, 6.45) is 3.45. The van der Waals surface area contributed by atoms with Crippen LogP contribution in [-0.2, 0) is 14.3 Å². The standard InChI is InChI=1S/C26H35N5O4/c1-17-14-19(16-27-22(17)29-25(34)35-26(2,3)4)28-23(32)24(33)31-13-8-7-12-21(31)18-10-9-11-20(15-18)30(5)6/h9-11,14-16,21H,7-8,12-13H2,1-6H3,(H,28,32)(H,27,29,34). The number of pyridine rings is 1. The maximum absolute atomic E-state index is 13.1. The van der Waals surface area contributed by atoms with E-state index in [-0.39, 0.29) is 6.04 Å². The van der Waals surface area contributed by atoms with Gasteiger partial charge < -0.3 is 19.9 Å². The molecule has 0 radical (unpaired) electrons. The monoisotopic (exact) mass is 481 g/mol. The minimum atomic E-state index is -0.713. The fourth-order valence-corrected chi connectivity index (χ4v) is 4.02. The first kappa shape index (κ1) is 26.0. The van der Waals surface area contributed by atoms with Crippen molar-refractivity contribution in [2.75, 3.05) is 36.2 Å². The largest absolute Gasteiger partial charge is 0.444 e. The van der Waals surface area contributed by atoms with Crippen LogP contribution in [0.4, 0.5) is 22.0 Å². The highest BCUT2D eigenvalue weighted by Crippen LogP contribution is 2.32. The topological polar surface area (TPSA) is 104 Å². The SMILES string of the molecule is Cc1cc(NC(=O)C(=O)N2CCCCC2c2cccc(N(C)C)c2)cnc1NC(=O)OC(C)(C)C. The second-order valence-corrected chi connectivity index (χ2v) is 9.97. The Labute approximate surface area is 206 Å². The van der Waals surface area contributed by atoms with Crippen molar-refractivity contribution < 1.29 is 19.1 Å². The number of hydrogen-bond donors (Lipinski definition) is 2. The number of hydrogen-bond acceptors (Lipinski definition) is 6. The predicted octanol–water partition coefficient (Wildman–Crippen LogP) is 4.50. The molecule has 9 nitrogen and oxygen atoms in total. The zero-order valence-corrected chi connectivity index (χ0v) is 21.3. The third-order valence-electron chi connectivity index (χ3n) is 5.68. The summed E-state index contributed by atoms with van der Waals surface area (Å²) >= 11 is 0. The quantitative estimate of drug-likeness (QED) is 0.624. The summed E-state index contributed by atoms with van der Waals surface area (Å²) in [6, 6.07) is 9.56. The maximum atomic E-state index is 13.1. The van der Waals surface area contributed by atoms with Gasteiger partial charge in [-0.3, -0.25) is 14.9 Å². The normalized spacial score (nSPS) is 15.8. The van der Waals surface area contributed by atoms with Crippen molar-refractivity contribution in [3.05, 3.63) is 47.7 Å². The van der Waals surface area contributed by atoms with E-state index in [1.165, 1.54) is 6.20 Å². The van der Waals surface area contributed by atoms with Crippen molar-refractivity contribution in [1.82, 2.24) is 9.88 Å². The number of nitrogens with zero attached hydrogens (tertiary/aromatic N) is 3. The lowest BCUT2D eigenvalue weighted by Crippen LogP contribution is -2.44. The van der Waals surface area contributed by atoms with E-state index in [1.807, 2.05) is 37.2 Å². The highest BCUT2D eigenvalue weighted by molar-refractivity contribution is 6.39. The van der Waals surface area contributed by atoms with Gasteiger partial charge in [0.25, 0.3) is 0 Å². The zero-order valence-electron chi connectivity index (χ0n) is 21.3. The molecule has 0 spiro atoms. The van der Waals surface area contributed by atoms with E-state index in [0.29, 0.717) is 23.6 Å². The van der Waals surface area contributed by atoms with Gasteiger partial charge in [0.15, 0.2) is 0 Å². The number of rotatable bonds is 4. The first-order valence-electron chi connectivity index (χ1n) is 11.8. The Balaban J connectivity index is 1.70. The highest BCUT2D eigenvalue weighted by Gasteiger charge is 2.32. The molecule has 2 aromatic rings. The van der Waals surface area contributed by atoms with Crippen molar-refractivity contribution in [3.8, 4) is 0 Å². The van der Waals surface area contributed by atoms with Crippen LogP contribution in [0.2, 0.25) is 0 Å². The average molecular weight is 482 g/mol. The number of anilines is 3. The van der Waals surface area contributed by atoms with E-state index in [1.54, 1.807) is 38.7 Å². The van der Waals surface area contributed by atoms with Gasteiger partial charge >= 0.3 is 17.9 Å². The van der Waals surface area contributed by atoms with Crippen LogP contribution in [0.25, 0.3) is 0 Å². The van der Waals surface area contributed by atoms with Gasteiger partial charge in [0, 0.05) is 26.3 Å². The number of ether oxygens (including phenoxy) is 1. The minimum Gasteiger partial charge on any atom is -0.444 e. The first-order chi connectivity index (χ1) is 16.4. The predicted molar refractivity (Wildman–Crippen MR) is 137 cm³/mol. The zero-order chi connectivity index (χ0) is 25.8. The summed E-state index contributed by atoms with van der Waals surface area (Å²) in [7, 11) is 3.95. The molecule has 1 aromatic heterocycles. The maximum Gasteiger partial charge on any atom is 0.413 e. The Morgan fingerprint density at radius 1 is 1.11 bits per heavy atom. The van der Waals surface area contributed by atoms with E-state index in [2.05, 4.69) is 21.7 Å². The van der Waals surface area contributed by atoms with Gasteiger partial charge in [-0.15, -0.1) is 0 Å². The molecule has 3 rings (SSSR count). The molecule has 0 aliphatic carbocycles. The molecule has 0 bridgehead atoms.